The van der Waals surface area contributed by atoms with Gasteiger partial charge < -0.3 is 4.42 Å². The molecule has 3 aromatic heterocycles. The van der Waals surface area contributed by atoms with E-state index in [0.717, 1.165) is 32.7 Å². The topological polar surface area (TPSA) is 38.9 Å². The number of hydrogen-bond acceptors (Lipinski definition) is 4. The molecule has 104 valence electrons. The van der Waals surface area contributed by atoms with Gasteiger partial charge >= 0.3 is 0 Å². The van der Waals surface area contributed by atoms with E-state index in [1.807, 2.05) is 24.3 Å². The van der Waals surface area contributed by atoms with Gasteiger partial charge in [-0.3, -0.25) is 4.98 Å². The third-order valence-electron chi connectivity index (χ3n) is 2.74. The van der Waals surface area contributed by atoms with Crippen LogP contribution in [0.5, 0.6) is 0 Å². The molecule has 0 aromatic carbocycles. The molecule has 0 N–H and O–H groups in total. The predicted molar refractivity (Wildman–Crippen MR) is 84.7 cm³/mol. The number of nitrogens with zero attached hydrogens (tertiary/aromatic N) is 2. The summed E-state index contributed by atoms with van der Waals surface area (Å²) < 4.78 is 6.62. The number of hydrogen-bond donors (Lipinski definition) is 0. The molecule has 0 aliphatic rings. The minimum atomic E-state index is 0. The van der Waals surface area contributed by atoms with Crippen LogP contribution in [0.1, 0.15) is 12.6 Å². The lowest BCUT2D eigenvalue weighted by Crippen LogP contribution is -1.84. The summed E-state index contributed by atoms with van der Waals surface area (Å²) in [6.45, 7) is 2.06. The van der Waals surface area contributed by atoms with Gasteiger partial charge in [0.15, 0.2) is 5.76 Å². The lowest BCUT2D eigenvalue weighted by Gasteiger charge is -1.96. The zero-order chi connectivity index (χ0) is 13.2. The first kappa shape index (κ1) is 15.0. The van der Waals surface area contributed by atoms with E-state index < -0.39 is 0 Å². The lowest BCUT2D eigenvalue weighted by molar-refractivity contribution is 0.589. The Hall–Kier alpha value is -1.36. The first-order chi connectivity index (χ1) is 9.28. The van der Waals surface area contributed by atoms with Gasteiger partial charge in [-0.1, -0.05) is 18.5 Å². The molecule has 3 aromatic rings. The normalized spacial score (nSPS) is 10.3. The molecule has 20 heavy (non-hydrogen) atoms. The predicted octanol–water partition coefficient (Wildman–Crippen LogP) is 5.10. The van der Waals surface area contributed by atoms with Crippen molar-refractivity contribution in [1.82, 2.24) is 9.97 Å². The van der Waals surface area contributed by atoms with Crippen molar-refractivity contribution in [3.8, 4) is 22.1 Å². The van der Waals surface area contributed by atoms with Crippen LogP contribution >= 0.6 is 35.3 Å². The van der Waals surface area contributed by atoms with Crippen molar-refractivity contribution in [3.63, 3.8) is 0 Å². The number of halogens is 2. The summed E-state index contributed by atoms with van der Waals surface area (Å²) in [5.41, 5.74) is 1.88. The Labute approximate surface area is 132 Å². The van der Waals surface area contributed by atoms with Crippen molar-refractivity contribution in [2.45, 2.75) is 13.3 Å². The molecule has 3 heterocycles. The van der Waals surface area contributed by atoms with Crippen LogP contribution in [0.2, 0.25) is 4.34 Å². The van der Waals surface area contributed by atoms with E-state index in [0.29, 0.717) is 5.89 Å². The molecule has 6 heteroatoms. The molecule has 0 aliphatic heterocycles. The van der Waals surface area contributed by atoms with Crippen LogP contribution in [0.4, 0.5) is 0 Å². The van der Waals surface area contributed by atoms with Gasteiger partial charge in [0.1, 0.15) is 0 Å². The molecule has 0 fully saturated rings. The Bertz CT molecular complexity index is 694. The first-order valence-corrected chi connectivity index (χ1v) is 7.13. The summed E-state index contributed by atoms with van der Waals surface area (Å²) in [6.07, 6.45) is 4.34. The molecule has 0 saturated carbocycles. The number of aromatic nitrogens is 2. The van der Waals surface area contributed by atoms with Gasteiger partial charge in [-0.2, -0.15) is 0 Å². The average molecular weight is 327 g/mol. The van der Waals surface area contributed by atoms with Gasteiger partial charge in [-0.05, 0) is 30.7 Å². The van der Waals surface area contributed by atoms with E-state index in [1.165, 1.54) is 11.3 Å². The zero-order valence-corrected chi connectivity index (χ0v) is 13.1. The van der Waals surface area contributed by atoms with E-state index >= 15 is 0 Å². The first-order valence-electron chi connectivity index (χ1n) is 5.93. The minimum absolute atomic E-state index is 0. The van der Waals surface area contributed by atoms with Gasteiger partial charge in [0.05, 0.1) is 14.9 Å². The third-order valence-corrected chi connectivity index (χ3v) is 3.96. The fourth-order valence-corrected chi connectivity index (χ4v) is 2.82. The van der Waals surface area contributed by atoms with Gasteiger partial charge in [-0.25, -0.2) is 4.98 Å². The Morgan fingerprint density at radius 2 is 2.15 bits per heavy atom. The molecular formula is C14H12Cl2N2OS. The van der Waals surface area contributed by atoms with Crippen molar-refractivity contribution >= 4 is 35.3 Å². The Balaban J connectivity index is 0.00000147. The van der Waals surface area contributed by atoms with E-state index in [9.17, 15) is 0 Å². The van der Waals surface area contributed by atoms with Gasteiger partial charge in [0, 0.05) is 18.0 Å². The number of oxazole rings is 1. The van der Waals surface area contributed by atoms with Crippen LogP contribution in [0.3, 0.4) is 0 Å². The largest absolute Gasteiger partial charge is 0.435 e. The standard InChI is InChI=1S/C14H11ClN2OS.ClH/c1-2-10-13(9-4-3-7-16-8-9)18-14(17-10)11-5-6-12(15)19-11;/h3-8H,2H2,1H3;1H. The molecule has 0 aliphatic carbocycles. The van der Waals surface area contributed by atoms with Gasteiger partial charge in [0.2, 0.25) is 5.89 Å². The summed E-state index contributed by atoms with van der Waals surface area (Å²) in [6, 6.07) is 7.63. The van der Waals surface area contributed by atoms with Crippen LogP contribution in [-0.4, -0.2) is 9.97 Å². The van der Waals surface area contributed by atoms with Crippen molar-refractivity contribution in [3.05, 3.63) is 46.7 Å². The second kappa shape index (κ2) is 6.39. The van der Waals surface area contributed by atoms with Crippen molar-refractivity contribution in [1.29, 1.82) is 0 Å². The fourth-order valence-electron chi connectivity index (χ4n) is 1.85. The molecule has 0 unspecified atom stereocenters. The molecule has 3 rings (SSSR count). The van der Waals surface area contributed by atoms with Crippen LogP contribution in [0, 0.1) is 0 Å². The molecule has 0 spiro atoms. The average Bonchev–Trinajstić information content (AvgIpc) is 3.05. The SMILES string of the molecule is CCc1nc(-c2ccc(Cl)s2)oc1-c1cccnc1.Cl. The number of thiophene rings is 1. The maximum atomic E-state index is 5.95. The maximum absolute atomic E-state index is 5.95. The smallest absolute Gasteiger partial charge is 0.237 e. The van der Waals surface area contributed by atoms with E-state index in [2.05, 4.69) is 16.9 Å². The Morgan fingerprint density at radius 1 is 1.30 bits per heavy atom. The van der Waals surface area contributed by atoms with Crippen molar-refractivity contribution in [2.24, 2.45) is 0 Å². The second-order valence-electron chi connectivity index (χ2n) is 3.99. The van der Waals surface area contributed by atoms with E-state index in [1.54, 1.807) is 12.4 Å². The maximum Gasteiger partial charge on any atom is 0.237 e. The summed E-state index contributed by atoms with van der Waals surface area (Å²) in [7, 11) is 0. The van der Waals surface area contributed by atoms with Crippen LogP contribution in [0.15, 0.2) is 41.1 Å². The molecule has 3 nitrogen and oxygen atoms in total. The van der Waals surface area contributed by atoms with Crippen LogP contribution in [-0.2, 0) is 6.42 Å². The molecule has 0 radical (unpaired) electrons. The van der Waals surface area contributed by atoms with Gasteiger partial charge in [-0.15, -0.1) is 23.7 Å². The van der Waals surface area contributed by atoms with Crippen molar-refractivity contribution < 1.29 is 4.42 Å². The summed E-state index contributed by atoms with van der Waals surface area (Å²) in [5, 5.41) is 0. The molecule has 0 atom stereocenters. The highest BCUT2D eigenvalue weighted by Gasteiger charge is 2.16. The molecular weight excluding hydrogens is 315 g/mol. The molecule has 0 amide bonds. The number of rotatable bonds is 3. The molecule has 0 bridgehead atoms. The second-order valence-corrected chi connectivity index (χ2v) is 5.71. The highest BCUT2D eigenvalue weighted by Crippen LogP contribution is 2.34. The Morgan fingerprint density at radius 3 is 2.75 bits per heavy atom. The summed E-state index contributed by atoms with van der Waals surface area (Å²) >= 11 is 7.41. The molecule has 0 saturated heterocycles. The third kappa shape index (κ3) is 2.87. The quantitative estimate of drug-likeness (QED) is 0.671. The van der Waals surface area contributed by atoms with Crippen molar-refractivity contribution in [2.75, 3.05) is 0 Å². The monoisotopic (exact) mass is 326 g/mol. The van der Waals surface area contributed by atoms with Crippen LogP contribution < -0.4 is 0 Å². The van der Waals surface area contributed by atoms with E-state index in [-0.39, 0.29) is 12.4 Å². The van der Waals surface area contributed by atoms with E-state index in [4.69, 9.17) is 16.0 Å². The zero-order valence-electron chi connectivity index (χ0n) is 10.7. The number of pyridine rings is 1. The number of aryl methyl sites for hydroxylation is 1. The summed E-state index contributed by atoms with van der Waals surface area (Å²) in [5.74, 6) is 1.41. The lowest BCUT2D eigenvalue weighted by atomic mass is 10.1. The highest BCUT2D eigenvalue weighted by atomic mass is 35.5. The summed E-state index contributed by atoms with van der Waals surface area (Å²) in [4.78, 5) is 9.60. The fraction of sp³-hybridized carbons (Fsp3) is 0.143. The minimum Gasteiger partial charge on any atom is -0.435 e. The Kier molecular flexibility index (Phi) is 4.81. The van der Waals surface area contributed by atoms with Crippen LogP contribution in [0.25, 0.3) is 22.1 Å². The van der Waals surface area contributed by atoms with Gasteiger partial charge in [0.25, 0.3) is 0 Å². The highest BCUT2D eigenvalue weighted by molar-refractivity contribution is 7.19.